The number of rotatable bonds is 1. The van der Waals surface area contributed by atoms with Gasteiger partial charge in [0.15, 0.2) is 0 Å². The third kappa shape index (κ3) is 2.25. The maximum Gasteiger partial charge on any atom is 0.347 e. The molecule has 0 fully saturated rings. The minimum Gasteiger partial charge on any atom is -0.403 e. The summed E-state index contributed by atoms with van der Waals surface area (Å²) in [5, 5.41) is 0.974. The van der Waals surface area contributed by atoms with Crippen LogP contribution in [0.5, 0.6) is 0 Å². The summed E-state index contributed by atoms with van der Waals surface area (Å²) in [5.41, 5.74) is 1.99. The predicted molar refractivity (Wildman–Crippen MR) is 75.5 cm³/mol. The van der Waals surface area contributed by atoms with Crippen molar-refractivity contribution in [3.63, 3.8) is 0 Å². The fourth-order valence-corrected chi connectivity index (χ4v) is 2.11. The van der Waals surface area contributed by atoms with Crippen molar-refractivity contribution in [2.75, 3.05) is 0 Å². The molecule has 4 heteroatoms. The monoisotopic (exact) mass is 271 g/mol. The highest BCUT2D eigenvalue weighted by atomic mass is 35.5. The van der Waals surface area contributed by atoms with Crippen LogP contribution in [0.2, 0.25) is 5.02 Å². The Bertz CT molecular complexity index is 824. The van der Waals surface area contributed by atoms with Crippen molar-refractivity contribution in [2.24, 2.45) is 0 Å². The van der Waals surface area contributed by atoms with Gasteiger partial charge < -0.3 is 4.42 Å². The van der Waals surface area contributed by atoms with Gasteiger partial charge in [0.1, 0.15) is 0 Å². The van der Waals surface area contributed by atoms with Gasteiger partial charge in [-0.15, -0.1) is 0 Å². The Labute approximate surface area is 114 Å². The summed E-state index contributed by atoms with van der Waals surface area (Å²) in [6.07, 6.45) is 0. The molecule has 2 aromatic carbocycles. The summed E-state index contributed by atoms with van der Waals surface area (Å²) in [6.45, 7) is 1.97. The van der Waals surface area contributed by atoms with E-state index in [2.05, 4.69) is 4.98 Å². The van der Waals surface area contributed by atoms with Gasteiger partial charge >= 0.3 is 5.63 Å². The van der Waals surface area contributed by atoms with E-state index in [1.54, 1.807) is 18.2 Å². The van der Waals surface area contributed by atoms with Crippen molar-refractivity contribution < 1.29 is 4.42 Å². The highest BCUT2D eigenvalue weighted by molar-refractivity contribution is 6.31. The van der Waals surface area contributed by atoms with E-state index in [4.69, 9.17) is 16.0 Å². The summed E-state index contributed by atoms with van der Waals surface area (Å²) in [6, 6.07) is 12.6. The molecule has 0 saturated carbocycles. The van der Waals surface area contributed by atoms with Crippen LogP contribution in [0.25, 0.3) is 22.4 Å². The minimum absolute atomic E-state index is 0.309. The van der Waals surface area contributed by atoms with Crippen LogP contribution in [0.3, 0.4) is 0 Å². The second-order valence-electron chi connectivity index (χ2n) is 4.34. The number of aryl methyl sites for hydroxylation is 1. The lowest BCUT2D eigenvalue weighted by molar-refractivity contribution is 0.518. The van der Waals surface area contributed by atoms with Crippen LogP contribution in [0.1, 0.15) is 5.56 Å². The molecular formula is C15H10ClNO2. The average molecular weight is 272 g/mol. The zero-order chi connectivity index (χ0) is 13.4. The molecule has 0 radical (unpaired) electrons. The molecule has 0 amide bonds. The van der Waals surface area contributed by atoms with E-state index < -0.39 is 5.63 Å². The van der Waals surface area contributed by atoms with E-state index in [0.717, 1.165) is 11.1 Å². The molecule has 0 bridgehead atoms. The molecule has 3 aromatic rings. The zero-order valence-corrected chi connectivity index (χ0v) is 10.9. The molecule has 0 saturated heterocycles. The first kappa shape index (κ1) is 11.9. The Hall–Kier alpha value is -2.13. The second-order valence-corrected chi connectivity index (χ2v) is 4.77. The SMILES string of the molecule is Cc1cccc(-c2nc3cc(Cl)ccc3c(=O)o2)c1. The number of fused-ring (bicyclic) bond motifs is 1. The molecule has 1 heterocycles. The molecule has 3 rings (SSSR count). The number of benzene rings is 2. The molecular weight excluding hydrogens is 262 g/mol. The quantitative estimate of drug-likeness (QED) is 0.676. The molecule has 19 heavy (non-hydrogen) atoms. The summed E-state index contributed by atoms with van der Waals surface area (Å²) in [4.78, 5) is 16.3. The lowest BCUT2D eigenvalue weighted by Gasteiger charge is -2.02. The first-order valence-corrected chi connectivity index (χ1v) is 6.19. The van der Waals surface area contributed by atoms with Gasteiger partial charge in [-0.3, -0.25) is 0 Å². The lowest BCUT2D eigenvalue weighted by Crippen LogP contribution is -2.02. The van der Waals surface area contributed by atoms with Crippen LogP contribution < -0.4 is 5.63 Å². The van der Waals surface area contributed by atoms with E-state index in [9.17, 15) is 4.79 Å². The maximum atomic E-state index is 11.9. The highest BCUT2D eigenvalue weighted by Gasteiger charge is 2.08. The predicted octanol–water partition coefficient (Wildman–Crippen LogP) is 3.82. The van der Waals surface area contributed by atoms with Gasteiger partial charge in [-0.2, -0.15) is 0 Å². The fraction of sp³-hybridized carbons (Fsp3) is 0.0667. The van der Waals surface area contributed by atoms with Crippen molar-refractivity contribution in [3.8, 4) is 11.5 Å². The second kappa shape index (κ2) is 4.52. The summed E-state index contributed by atoms with van der Waals surface area (Å²) < 4.78 is 5.26. The van der Waals surface area contributed by atoms with Crippen molar-refractivity contribution in [1.82, 2.24) is 4.98 Å². The van der Waals surface area contributed by atoms with Gasteiger partial charge in [-0.25, -0.2) is 9.78 Å². The molecule has 0 unspecified atom stereocenters. The Balaban J connectivity index is 2.28. The number of nitrogens with zero attached hydrogens (tertiary/aromatic N) is 1. The van der Waals surface area contributed by atoms with E-state index in [-0.39, 0.29) is 0 Å². The van der Waals surface area contributed by atoms with Gasteiger partial charge in [0.2, 0.25) is 5.89 Å². The number of aromatic nitrogens is 1. The third-order valence-corrected chi connectivity index (χ3v) is 3.09. The Morgan fingerprint density at radius 1 is 1.16 bits per heavy atom. The van der Waals surface area contributed by atoms with Gasteiger partial charge in [0, 0.05) is 10.6 Å². The molecule has 0 aliphatic heterocycles. The smallest absolute Gasteiger partial charge is 0.347 e. The van der Waals surface area contributed by atoms with Crippen molar-refractivity contribution in [3.05, 3.63) is 63.5 Å². The maximum absolute atomic E-state index is 11.9. The Morgan fingerprint density at radius 3 is 2.79 bits per heavy atom. The molecule has 0 N–H and O–H groups in total. The molecule has 0 aliphatic carbocycles. The first-order valence-electron chi connectivity index (χ1n) is 5.81. The Kier molecular flexibility index (Phi) is 2.84. The number of hydrogen-bond acceptors (Lipinski definition) is 3. The average Bonchev–Trinajstić information content (AvgIpc) is 2.38. The third-order valence-electron chi connectivity index (χ3n) is 2.86. The summed E-state index contributed by atoms with van der Waals surface area (Å²) in [5.74, 6) is 0.309. The van der Waals surface area contributed by atoms with Crippen molar-refractivity contribution in [1.29, 1.82) is 0 Å². The standard InChI is InChI=1S/C15H10ClNO2/c1-9-3-2-4-10(7-9)14-17-13-8-11(16)5-6-12(13)15(18)19-14/h2-8H,1H3. The van der Waals surface area contributed by atoms with Crippen molar-refractivity contribution >= 4 is 22.5 Å². The first-order chi connectivity index (χ1) is 9.13. The molecule has 1 aromatic heterocycles. The molecule has 0 aliphatic rings. The fourth-order valence-electron chi connectivity index (χ4n) is 1.95. The lowest BCUT2D eigenvalue weighted by atomic mass is 10.1. The van der Waals surface area contributed by atoms with Crippen LogP contribution in [0, 0.1) is 6.92 Å². The van der Waals surface area contributed by atoms with E-state index in [0.29, 0.717) is 21.8 Å². The van der Waals surface area contributed by atoms with Crippen molar-refractivity contribution in [2.45, 2.75) is 6.92 Å². The van der Waals surface area contributed by atoms with Crippen LogP contribution in [-0.2, 0) is 0 Å². The van der Waals surface area contributed by atoms with Crippen LogP contribution in [0.4, 0.5) is 0 Å². The number of hydrogen-bond donors (Lipinski definition) is 0. The minimum atomic E-state index is -0.404. The molecule has 0 spiro atoms. The van der Waals surface area contributed by atoms with E-state index >= 15 is 0 Å². The number of halogens is 1. The normalized spacial score (nSPS) is 10.8. The van der Waals surface area contributed by atoms with Gasteiger partial charge in [0.25, 0.3) is 0 Å². The van der Waals surface area contributed by atoms with Gasteiger partial charge in [-0.05, 0) is 37.3 Å². The summed E-state index contributed by atoms with van der Waals surface area (Å²) >= 11 is 5.92. The van der Waals surface area contributed by atoms with Gasteiger partial charge in [0.05, 0.1) is 10.9 Å². The zero-order valence-electron chi connectivity index (χ0n) is 10.2. The Morgan fingerprint density at radius 2 is 2.00 bits per heavy atom. The molecule has 3 nitrogen and oxygen atoms in total. The topological polar surface area (TPSA) is 43.1 Å². The van der Waals surface area contributed by atoms with E-state index in [1.165, 1.54) is 0 Å². The summed E-state index contributed by atoms with van der Waals surface area (Å²) in [7, 11) is 0. The van der Waals surface area contributed by atoms with Crippen LogP contribution >= 0.6 is 11.6 Å². The highest BCUT2D eigenvalue weighted by Crippen LogP contribution is 2.21. The molecule has 94 valence electrons. The largest absolute Gasteiger partial charge is 0.403 e. The molecule has 0 atom stereocenters. The van der Waals surface area contributed by atoms with Crippen LogP contribution in [-0.4, -0.2) is 4.98 Å². The van der Waals surface area contributed by atoms with E-state index in [1.807, 2.05) is 31.2 Å². The van der Waals surface area contributed by atoms with Gasteiger partial charge in [-0.1, -0.05) is 29.3 Å². The van der Waals surface area contributed by atoms with Crippen LogP contribution in [0.15, 0.2) is 51.7 Å².